The van der Waals surface area contributed by atoms with Gasteiger partial charge in [0.05, 0.1) is 5.75 Å². The van der Waals surface area contributed by atoms with Crippen LogP contribution in [0.1, 0.15) is 39.0 Å². The summed E-state index contributed by atoms with van der Waals surface area (Å²) in [4.78, 5) is 11.8. The van der Waals surface area contributed by atoms with E-state index >= 15 is 0 Å². The average Bonchev–Trinajstić information content (AvgIpc) is 2.68. The molecule has 20 heavy (non-hydrogen) atoms. The first-order chi connectivity index (χ1) is 9.48. The van der Waals surface area contributed by atoms with Gasteiger partial charge in [-0.15, -0.1) is 0 Å². The second-order valence-electron chi connectivity index (χ2n) is 5.85. The molecule has 0 aliphatic carbocycles. The molecule has 2 aliphatic rings. The van der Waals surface area contributed by atoms with Gasteiger partial charge in [-0.3, -0.25) is 4.79 Å². The predicted molar refractivity (Wildman–Crippen MR) is 77.8 cm³/mol. The number of hydrogen-bond donors (Lipinski definition) is 3. The molecular weight excluding hydrogens is 278 g/mol. The summed E-state index contributed by atoms with van der Waals surface area (Å²) in [6.45, 7) is 2.31. The molecule has 7 heteroatoms. The maximum atomic E-state index is 11.8. The van der Waals surface area contributed by atoms with Gasteiger partial charge in [0.1, 0.15) is 0 Å². The van der Waals surface area contributed by atoms with E-state index in [0.29, 0.717) is 31.0 Å². The van der Waals surface area contributed by atoms with Crippen molar-refractivity contribution >= 4 is 15.9 Å². The molecule has 0 saturated carbocycles. The van der Waals surface area contributed by atoms with Crippen LogP contribution in [0.25, 0.3) is 0 Å². The van der Waals surface area contributed by atoms with Crippen LogP contribution in [0, 0.1) is 5.92 Å². The Balaban J connectivity index is 1.66. The van der Waals surface area contributed by atoms with Gasteiger partial charge in [0.2, 0.25) is 15.9 Å². The molecule has 2 heterocycles. The van der Waals surface area contributed by atoms with Crippen LogP contribution >= 0.6 is 0 Å². The zero-order valence-corrected chi connectivity index (χ0v) is 12.8. The van der Waals surface area contributed by atoms with Crippen molar-refractivity contribution < 1.29 is 13.2 Å². The second kappa shape index (κ2) is 6.87. The van der Waals surface area contributed by atoms with Crippen LogP contribution in [0.4, 0.5) is 0 Å². The predicted octanol–water partition coefficient (Wildman–Crippen LogP) is -0.0374. The number of sulfonamides is 1. The maximum Gasteiger partial charge on any atom is 0.220 e. The van der Waals surface area contributed by atoms with Gasteiger partial charge >= 0.3 is 0 Å². The molecule has 2 unspecified atom stereocenters. The van der Waals surface area contributed by atoms with Crippen LogP contribution in [0.5, 0.6) is 0 Å². The Hall–Kier alpha value is -0.660. The summed E-state index contributed by atoms with van der Waals surface area (Å²) in [7, 11) is -3.24. The summed E-state index contributed by atoms with van der Waals surface area (Å²) in [5.41, 5.74) is 0. The number of piperidine rings is 1. The standard InChI is InChI=1S/C13H25N3O3S/c1-2-15-20(18,19)6-5-14-13(17)9-10-7-11-3-4-12(8-10)16-11/h10-12,15-16H,2-9H2,1H3,(H,14,17). The van der Waals surface area contributed by atoms with Gasteiger partial charge < -0.3 is 10.6 Å². The van der Waals surface area contributed by atoms with Crippen molar-refractivity contribution in [3.05, 3.63) is 0 Å². The molecule has 2 aliphatic heterocycles. The summed E-state index contributed by atoms with van der Waals surface area (Å²) in [5, 5.41) is 6.27. The lowest BCUT2D eigenvalue weighted by molar-refractivity contribution is -0.122. The monoisotopic (exact) mass is 303 g/mol. The summed E-state index contributed by atoms with van der Waals surface area (Å²) in [6, 6.07) is 1.17. The van der Waals surface area contributed by atoms with E-state index < -0.39 is 10.0 Å². The normalized spacial score (nSPS) is 29.4. The van der Waals surface area contributed by atoms with Gasteiger partial charge in [-0.25, -0.2) is 13.1 Å². The van der Waals surface area contributed by atoms with Gasteiger partial charge in [0.15, 0.2) is 0 Å². The summed E-state index contributed by atoms with van der Waals surface area (Å²) >= 11 is 0. The van der Waals surface area contributed by atoms with Crippen LogP contribution < -0.4 is 15.4 Å². The number of carbonyl (C=O) groups excluding carboxylic acids is 1. The van der Waals surface area contributed by atoms with E-state index in [2.05, 4.69) is 15.4 Å². The minimum absolute atomic E-state index is 0.0250. The topological polar surface area (TPSA) is 87.3 Å². The molecule has 2 bridgehead atoms. The van der Waals surface area contributed by atoms with Gasteiger partial charge in [-0.2, -0.15) is 0 Å². The molecule has 2 saturated heterocycles. The summed E-state index contributed by atoms with van der Waals surface area (Å²) in [5.74, 6) is 0.367. The van der Waals surface area contributed by atoms with E-state index in [-0.39, 0.29) is 18.2 Å². The first kappa shape index (κ1) is 15.7. The van der Waals surface area contributed by atoms with Crippen molar-refractivity contribution in [3.8, 4) is 0 Å². The Morgan fingerprint density at radius 3 is 2.50 bits per heavy atom. The third-order valence-corrected chi connectivity index (χ3v) is 5.57. The van der Waals surface area contributed by atoms with Crippen molar-refractivity contribution in [3.63, 3.8) is 0 Å². The first-order valence-electron chi connectivity index (χ1n) is 7.48. The molecule has 0 spiro atoms. The summed E-state index contributed by atoms with van der Waals surface area (Å²) < 4.78 is 25.3. The zero-order valence-electron chi connectivity index (χ0n) is 12.0. The fourth-order valence-electron chi connectivity index (χ4n) is 3.29. The highest BCUT2D eigenvalue weighted by Crippen LogP contribution is 2.32. The molecule has 0 aromatic carbocycles. The highest BCUT2D eigenvalue weighted by Gasteiger charge is 2.34. The lowest BCUT2D eigenvalue weighted by Crippen LogP contribution is -2.40. The Morgan fingerprint density at radius 1 is 1.25 bits per heavy atom. The number of rotatable bonds is 7. The Kier molecular flexibility index (Phi) is 5.40. The molecule has 116 valence electrons. The van der Waals surface area contributed by atoms with Gasteiger partial charge in [0, 0.05) is 31.6 Å². The molecule has 3 N–H and O–H groups in total. The number of fused-ring (bicyclic) bond motifs is 2. The Morgan fingerprint density at radius 2 is 1.90 bits per heavy atom. The van der Waals surface area contributed by atoms with Crippen LogP contribution in [0.15, 0.2) is 0 Å². The largest absolute Gasteiger partial charge is 0.355 e. The third-order valence-electron chi connectivity index (χ3n) is 4.10. The Bertz CT molecular complexity index is 426. The molecule has 2 fully saturated rings. The SMILES string of the molecule is CCNS(=O)(=O)CCNC(=O)CC1CC2CCC(C1)N2. The second-order valence-corrected chi connectivity index (χ2v) is 7.77. The number of amides is 1. The molecule has 0 radical (unpaired) electrons. The maximum absolute atomic E-state index is 11.8. The van der Waals surface area contributed by atoms with E-state index in [9.17, 15) is 13.2 Å². The minimum atomic E-state index is -3.24. The van der Waals surface area contributed by atoms with Crippen molar-refractivity contribution in [2.75, 3.05) is 18.8 Å². The van der Waals surface area contributed by atoms with Gasteiger partial charge in [0.25, 0.3) is 0 Å². The quantitative estimate of drug-likeness (QED) is 0.616. The van der Waals surface area contributed by atoms with Crippen molar-refractivity contribution in [1.82, 2.24) is 15.4 Å². The number of nitrogens with one attached hydrogen (secondary N) is 3. The molecule has 6 nitrogen and oxygen atoms in total. The highest BCUT2D eigenvalue weighted by molar-refractivity contribution is 7.89. The molecule has 2 atom stereocenters. The highest BCUT2D eigenvalue weighted by atomic mass is 32.2. The van der Waals surface area contributed by atoms with Crippen LogP contribution in [0.2, 0.25) is 0 Å². The molecule has 0 aromatic heterocycles. The molecular formula is C13H25N3O3S. The molecule has 0 aromatic rings. The van der Waals surface area contributed by atoms with Crippen LogP contribution in [-0.2, 0) is 14.8 Å². The smallest absolute Gasteiger partial charge is 0.220 e. The third kappa shape index (κ3) is 4.71. The fraction of sp³-hybridized carbons (Fsp3) is 0.923. The Labute approximate surface area is 121 Å². The van der Waals surface area contributed by atoms with Crippen molar-refractivity contribution in [1.29, 1.82) is 0 Å². The average molecular weight is 303 g/mol. The van der Waals surface area contributed by atoms with Crippen LogP contribution in [-0.4, -0.2) is 45.3 Å². The van der Waals surface area contributed by atoms with Crippen molar-refractivity contribution in [2.24, 2.45) is 5.92 Å². The first-order valence-corrected chi connectivity index (χ1v) is 9.14. The molecule has 2 rings (SSSR count). The number of carbonyl (C=O) groups is 1. The van der Waals surface area contributed by atoms with E-state index in [0.717, 1.165) is 12.8 Å². The van der Waals surface area contributed by atoms with Gasteiger partial charge in [-0.1, -0.05) is 6.92 Å². The van der Waals surface area contributed by atoms with E-state index in [1.165, 1.54) is 12.8 Å². The minimum Gasteiger partial charge on any atom is -0.355 e. The van der Waals surface area contributed by atoms with Crippen LogP contribution in [0.3, 0.4) is 0 Å². The molecule has 1 amide bonds. The van der Waals surface area contributed by atoms with E-state index in [1.54, 1.807) is 6.92 Å². The van der Waals surface area contributed by atoms with E-state index in [4.69, 9.17) is 0 Å². The van der Waals surface area contributed by atoms with Crippen molar-refractivity contribution in [2.45, 2.75) is 51.1 Å². The van der Waals surface area contributed by atoms with E-state index in [1.807, 2.05) is 0 Å². The number of hydrogen-bond acceptors (Lipinski definition) is 4. The zero-order chi connectivity index (χ0) is 14.6. The fourth-order valence-corrected chi connectivity index (χ4v) is 4.25. The summed E-state index contributed by atoms with van der Waals surface area (Å²) in [6.07, 6.45) is 5.11. The lowest BCUT2D eigenvalue weighted by atomic mass is 9.89. The lowest BCUT2D eigenvalue weighted by Gasteiger charge is -2.28. The van der Waals surface area contributed by atoms with Gasteiger partial charge in [-0.05, 0) is 31.6 Å².